The van der Waals surface area contributed by atoms with E-state index in [2.05, 4.69) is 29.0 Å². The van der Waals surface area contributed by atoms with Crippen molar-refractivity contribution in [3.8, 4) is 17.1 Å². The molecule has 0 aromatic carbocycles. The molecule has 30 heavy (non-hydrogen) atoms. The summed E-state index contributed by atoms with van der Waals surface area (Å²) in [5, 5.41) is 3.63. The van der Waals surface area contributed by atoms with Crippen LogP contribution in [-0.2, 0) is 9.53 Å². The molecule has 2 atom stereocenters. The number of ether oxygens (including phenoxy) is 2. The second-order valence-electron chi connectivity index (χ2n) is 6.79. The van der Waals surface area contributed by atoms with E-state index in [1.807, 2.05) is 0 Å². The third-order valence-corrected chi connectivity index (χ3v) is 5.35. The number of carbonyl (C=O) groups is 2. The number of hydrogen-bond acceptors (Lipinski definition) is 8. The summed E-state index contributed by atoms with van der Waals surface area (Å²) in [5.74, 6) is -0.407. The van der Waals surface area contributed by atoms with Crippen molar-refractivity contribution < 1.29 is 27.3 Å². The topological polar surface area (TPSA) is 86.5 Å². The van der Waals surface area contributed by atoms with Crippen molar-refractivity contribution in [3.63, 3.8) is 0 Å². The first-order valence-electron chi connectivity index (χ1n) is 9.16. The lowest BCUT2D eigenvalue weighted by molar-refractivity contribution is -0.147. The van der Waals surface area contributed by atoms with Crippen LogP contribution in [0.15, 0.2) is 18.3 Å². The molecular formula is C19H24F2N4O4S. The number of carbonyl (C=O) groups excluding carboxylic acids is 2. The third kappa shape index (κ3) is 5.76. The van der Waals surface area contributed by atoms with Crippen LogP contribution in [0.5, 0.6) is 5.88 Å². The Kier molecular flexibility index (Phi) is 8.72. The zero-order valence-electron chi connectivity index (χ0n) is 17.2. The molecule has 0 saturated carbocycles. The maximum absolute atomic E-state index is 13.6. The molecule has 1 aliphatic heterocycles. The van der Waals surface area contributed by atoms with Crippen molar-refractivity contribution in [2.24, 2.45) is 5.92 Å². The number of aldehydes is 1. The number of likely N-dealkylation sites (tertiary alicyclic amines) is 1. The molecule has 2 unspecified atom stereocenters. The maximum atomic E-state index is 13.6. The van der Waals surface area contributed by atoms with Crippen LogP contribution in [0.1, 0.15) is 30.3 Å². The SMILES string of the molecule is COC(=O)C1CCN(C)C(C)C1.COc1cc(-c2cc(C=O)nn2SF)c(F)cn1. The number of esters is 1. The Morgan fingerprint density at radius 2 is 2.10 bits per heavy atom. The fraction of sp³-hybridized carbons (Fsp3) is 0.474. The van der Waals surface area contributed by atoms with Gasteiger partial charge in [-0.2, -0.15) is 9.19 Å². The van der Waals surface area contributed by atoms with Crippen LogP contribution < -0.4 is 4.74 Å². The Bertz CT molecular complexity index is 880. The highest BCUT2D eigenvalue weighted by atomic mass is 32.2. The van der Waals surface area contributed by atoms with Crippen LogP contribution in [0.4, 0.5) is 8.28 Å². The summed E-state index contributed by atoms with van der Waals surface area (Å²) in [6.45, 7) is 3.15. The van der Waals surface area contributed by atoms with E-state index in [0.717, 1.165) is 29.7 Å². The van der Waals surface area contributed by atoms with Gasteiger partial charge in [-0.15, -0.1) is 3.89 Å². The molecule has 164 valence electrons. The minimum Gasteiger partial charge on any atom is -0.481 e. The largest absolute Gasteiger partial charge is 0.481 e. The summed E-state index contributed by atoms with van der Waals surface area (Å²) in [6.07, 6.45) is 3.28. The van der Waals surface area contributed by atoms with Crippen molar-refractivity contribution >= 4 is 24.6 Å². The zero-order valence-corrected chi connectivity index (χ0v) is 18.0. The van der Waals surface area contributed by atoms with Crippen LogP contribution in [0.25, 0.3) is 11.3 Å². The highest BCUT2D eigenvalue weighted by Gasteiger charge is 2.28. The van der Waals surface area contributed by atoms with E-state index in [9.17, 15) is 17.9 Å². The van der Waals surface area contributed by atoms with Crippen molar-refractivity contribution in [1.29, 1.82) is 0 Å². The molecule has 0 spiro atoms. The Labute approximate surface area is 178 Å². The van der Waals surface area contributed by atoms with E-state index in [0.29, 0.717) is 12.3 Å². The maximum Gasteiger partial charge on any atom is 0.308 e. The van der Waals surface area contributed by atoms with Gasteiger partial charge in [0.2, 0.25) is 5.88 Å². The first-order valence-corrected chi connectivity index (χ1v) is 9.84. The van der Waals surface area contributed by atoms with Crippen molar-refractivity contribution in [2.75, 3.05) is 27.8 Å². The molecule has 2 aromatic rings. The Morgan fingerprint density at radius 3 is 2.67 bits per heavy atom. The van der Waals surface area contributed by atoms with Gasteiger partial charge >= 0.3 is 5.97 Å². The Balaban J connectivity index is 0.000000232. The summed E-state index contributed by atoms with van der Waals surface area (Å²) >= 11 is -0.233. The lowest BCUT2D eigenvalue weighted by atomic mass is 9.92. The van der Waals surface area contributed by atoms with E-state index in [1.54, 1.807) is 0 Å². The molecule has 3 rings (SSSR count). The van der Waals surface area contributed by atoms with E-state index in [1.165, 1.54) is 26.4 Å². The minimum absolute atomic E-state index is 0.00493. The van der Waals surface area contributed by atoms with E-state index >= 15 is 0 Å². The fourth-order valence-electron chi connectivity index (χ4n) is 3.07. The monoisotopic (exact) mass is 442 g/mol. The first kappa shape index (κ1) is 23.7. The predicted octanol–water partition coefficient (Wildman–Crippen LogP) is 3.18. The normalized spacial score (nSPS) is 18.9. The second kappa shape index (κ2) is 11.0. The fourth-order valence-corrected chi connectivity index (χ4v) is 3.42. The first-order chi connectivity index (χ1) is 14.3. The highest BCUT2D eigenvalue weighted by molar-refractivity contribution is 7.92. The molecule has 1 saturated heterocycles. The predicted molar refractivity (Wildman–Crippen MR) is 108 cm³/mol. The summed E-state index contributed by atoms with van der Waals surface area (Å²) in [6, 6.07) is 3.08. The number of aromatic nitrogens is 3. The second-order valence-corrected chi connectivity index (χ2v) is 7.28. The standard InChI is InChI=1S/C10H7F2N3O2S.C9H17NO2/c1-17-10-3-7(8(11)4-13-10)9-2-6(5-16)14-15(9)18-12;1-7-6-8(9(11)12-3)4-5-10(7)2/h2-5H,1H3;7-8H,4-6H2,1-3H3. The van der Waals surface area contributed by atoms with E-state index in [4.69, 9.17) is 9.47 Å². The molecule has 8 nitrogen and oxygen atoms in total. The van der Waals surface area contributed by atoms with Gasteiger partial charge in [0.1, 0.15) is 5.69 Å². The summed E-state index contributed by atoms with van der Waals surface area (Å²) < 4.78 is 36.7. The van der Waals surface area contributed by atoms with Gasteiger partial charge < -0.3 is 14.4 Å². The van der Waals surface area contributed by atoms with Gasteiger partial charge in [-0.3, -0.25) is 9.59 Å². The van der Waals surface area contributed by atoms with Crippen LogP contribution in [0, 0.1) is 11.7 Å². The number of pyridine rings is 1. The Hall–Kier alpha value is -2.53. The number of rotatable bonds is 5. The lowest BCUT2D eigenvalue weighted by Gasteiger charge is -2.33. The van der Waals surface area contributed by atoms with Gasteiger partial charge in [0, 0.05) is 17.7 Å². The highest BCUT2D eigenvalue weighted by Crippen LogP contribution is 2.28. The van der Waals surface area contributed by atoms with Crippen LogP contribution in [0.3, 0.4) is 0 Å². The number of piperidine rings is 1. The molecular weight excluding hydrogens is 418 g/mol. The van der Waals surface area contributed by atoms with Gasteiger partial charge in [-0.1, -0.05) is 0 Å². The molecule has 0 radical (unpaired) electrons. The van der Waals surface area contributed by atoms with Crippen molar-refractivity contribution in [1.82, 2.24) is 19.1 Å². The summed E-state index contributed by atoms with van der Waals surface area (Å²) in [5.41, 5.74) is 0.167. The van der Waals surface area contributed by atoms with Crippen molar-refractivity contribution in [3.05, 3.63) is 29.8 Å². The van der Waals surface area contributed by atoms with Crippen LogP contribution in [0.2, 0.25) is 0 Å². The molecule has 11 heteroatoms. The summed E-state index contributed by atoms with van der Waals surface area (Å²) in [4.78, 5) is 27.7. The molecule has 0 bridgehead atoms. The molecule has 1 aliphatic rings. The quantitative estimate of drug-likeness (QED) is 0.516. The lowest BCUT2D eigenvalue weighted by Crippen LogP contribution is -2.40. The zero-order chi connectivity index (χ0) is 22.3. The number of hydrogen-bond donors (Lipinski definition) is 0. The minimum atomic E-state index is -0.663. The van der Waals surface area contributed by atoms with Gasteiger partial charge in [0.05, 0.1) is 32.0 Å². The van der Waals surface area contributed by atoms with Gasteiger partial charge in [0.25, 0.3) is 0 Å². The van der Waals surface area contributed by atoms with Crippen LogP contribution >= 0.6 is 12.3 Å². The molecule has 2 aromatic heterocycles. The van der Waals surface area contributed by atoms with E-state index < -0.39 is 5.82 Å². The number of methoxy groups -OCH3 is 2. The van der Waals surface area contributed by atoms with E-state index in [-0.39, 0.29) is 47.1 Å². The van der Waals surface area contributed by atoms with Crippen LogP contribution in [-0.4, -0.2) is 65.2 Å². The molecule has 0 aliphatic carbocycles. The average molecular weight is 442 g/mol. The Morgan fingerprint density at radius 1 is 1.37 bits per heavy atom. The molecule has 1 fully saturated rings. The molecule has 0 N–H and O–H groups in total. The van der Waals surface area contributed by atoms with Gasteiger partial charge in [-0.05, 0) is 39.4 Å². The van der Waals surface area contributed by atoms with Gasteiger partial charge in [-0.25, -0.2) is 9.37 Å². The number of nitrogens with zero attached hydrogens (tertiary/aromatic N) is 4. The molecule has 3 heterocycles. The number of halogens is 2. The summed E-state index contributed by atoms with van der Waals surface area (Å²) in [7, 11) is 4.94. The van der Waals surface area contributed by atoms with Gasteiger partial charge in [0.15, 0.2) is 24.4 Å². The van der Waals surface area contributed by atoms with Crippen molar-refractivity contribution in [2.45, 2.75) is 25.8 Å². The average Bonchev–Trinajstić information content (AvgIpc) is 3.19. The smallest absolute Gasteiger partial charge is 0.308 e. The third-order valence-electron chi connectivity index (χ3n) is 4.94. The molecule has 0 amide bonds.